The van der Waals surface area contributed by atoms with Crippen LogP contribution in [0.5, 0.6) is 0 Å². The molecular formula is C30H41N5O3. The van der Waals surface area contributed by atoms with Crippen molar-refractivity contribution >= 4 is 23.2 Å². The van der Waals surface area contributed by atoms with Crippen molar-refractivity contribution in [3.8, 4) is 0 Å². The van der Waals surface area contributed by atoms with Gasteiger partial charge in [0.25, 0.3) is 5.78 Å². The number of ketones is 1. The van der Waals surface area contributed by atoms with Crippen molar-refractivity contribution < 1.29 is 14.3 Å². The fourth-order valence-corrected chi connectivity index (χ4v) is 5.53. The Morgan fingerprint density at radius 1 is 1.24 bits per heavy atom. The van der Waals surface area contributed by atoms with Gasteiger partial charge in [-0.25, -0.2) is 9.50 Å². The molecule has 8 heteroatoms. The van der Waals surface area contributed by atoms with Crippen LogP contribution in [0.15, 0.2) is 35.0 Å². The van der Waals surface area contributed by atoms with Gasteiger partial charge < -0.3 is 4.74 Å². The topological polar surface area (TPSA) is 98.8 Å². The molecule has 2 aromatic rings. The number of carbonyl (C=O) groups excluding carboxylic acids is 2. The Hall–Kier alpha value is -3.16. The molecule has 0 aromatic carbocycles. The van der Waals surface area contributed by atoms with Crippen LogP contribution in [0, 0.1) is 31.6 Å². The van der Waals surface area contributed by atoms with Crippen molar-refractivity contribution in [3.05, 3.63) is 47.2 Å². The van der Waals surface area contributed by atoms with Crippen LogP contribution in [-0.2, 0) is 20.7 Å². The highest BCUT2D eigenvalue weighted by Gasteiger charge is 2.51. The van der Waals surface area contributed by atoms with E-state index in [1.807, 2.05) is 38.1 Å². The third kappa shape index (κ3) is 6.11. The van der Waals surface area contributed by atoms with Crippen LogP contribution in [-0.4, -0.2) is 42.6 Å². The van der Waals surface area contributed by atoms with Gasteiger partial charge in [-0.05, 0) is 64.0 Å². The zero-order chi connectivity index (χ0) is 27.4. The number of fused-ring (bicyclic) bond motifs is 1. The number of aliphatic imine (C=N–C) groups is 1. The molecule has 0 amide bonds. The summed E-state index contributed by atoms with van der Waals surface area (Å²) in [6.45, 7) is 12.3. The van der Waals surface area contributed by atoms with Gasteiger partial charge in [-0.1, -0.05) is 45.8 Å². The summed E-state index contributed by atoms with van der Waals surface area (Å²) in [6, 6.07) is 1.92. The first-order valence-corrected chi connectivity index (χ1v) is 14.0. The molecule has 0 bridgehead atoms. The number of nitrogens with zero attached hydrogens (tertiary/aromatic N) is 5. The quantitative estimate of drug-likeness (QED) is 0.182. The largest absolute Gasteiger partial charge is 0.457 e. The number of hydrogen-bond donors (Lipinski definition) is 0. The molecule has 2 aromatic heterocycles. The van der Waals surface area contributed by atoms with E-state index in [4.69, 9.17) is 9.73 Å². The Labute approximate surface area is 225 Å². The molecule has 1 aliphatic carbocycles. The number of Topliss-reactive ketones (excluding diaryl/α,β-unsaturated/α-hetero) is 1. The van der Waals surface area contributed by atoms with E-state index in [1.54, 1.807) is 4.52 Å². The summed E-state index contributed by atoms with van der Waals surface area (Å²) in [5.41, 5.74) is 3.09. The van der Waals surface area contributed by atoms with E-state index in [0.29, 0.717) is 23.9 Å². The standard InChI is InChI=1S/C30H41N5O3/c1-7-24(32-22(6)19(2)3)14-10-11-15-30(23-12-8-9-13-23)18-26(36)25(28(37)38-30)17-27-33-29-31-20(4)16-21(5)35(29)34-27/h10-11,14,16,19,23,25H,7-9,12-13,15,17-18H2,1-6H3. The van der Waals surface area contributed by atoms with E-state index >= 15 is 0 Å². The number of cyclic esters (lactones) is 1. The van der Waals surface area contributed by atoms with Gasteiger partial charge in [-0.15, -0.1) is 5.10 Å². The summed E-state index contributed by atoms with van der Waals surface area (Å²) in [4.78, 5) is 40.4. The molecule has 0 N–H and O–H groups in total. The van der Waals surface area contributed by atoms with Crippen molar-refractivity contribution in [2.75, 3.05) is 0 Å². The first kappa shape index (κ1) is 27.9. The first-order chi connectivity index (χ1) is 18.1. The number of hydrogen-bond acceptors (Lipinski definition) is 7. The Balaban J connectivity index is 1.51. The van der Waals surface area contributed by atoms with Gasteiger partial charge in [0.1, 0.15) is 11.5 Å². The predicted octanol–water partition coefficient (Wildman–Crippen LogP) is 5.70. The lowest BCUT2D eigenvalue weighted by atomic mass is 9.74. The summed E-state index contributed by atoms with van der Waals surface area (Å²) in [7, 11) is 0. The highest BCUT2D eigenvalue weighted by Crippen LogP contribution is 2.44. The van der Waals surface area contributed by atoms with Crippen molar-refractivity contribution in [2.24, 2.45) is 22.7 Å². The fourth-order valence-electron chi connectivity index (χ4n) is 5.53. The molecule has 2 atom stereocenters. The normalized spacial score (nSPS) is 23.8. The molecule has 38 heavy (non-hydrogen) atoms. The highest BCUT2D eigenvalue weighted by molar-refractivity contribution is 6.01. The molecule has 0 radical (unpaired) electrons. The molecule has 2 unspecified atom stereocenters. The van der Waals surface area contributed by atoms with Crippen LogP contribution in [0.3, 0.4) is 0 Å². The number of allylic oxidation sites excluding steroid dienone is 3. The van der Waals surface area contributed by atoms with Crippen LogP contribution >= 0.6 is 0 Å². The summed E-state index contributed by atoms with van der Waals surface area (Å²) in [5, 5.41) is 4.50. The van der Waals surface area contributed by atoms with E-state index in [9.17, 15) is 9.59 Å². The average molecular weight is 520 g/mol. The molecule has 4 rings (SSSR count). The van der Waals surface area contributed by atoms with Crippen molar-refractivity contribution in [1.29, 1.82) is 0 Å². The number of rotatable bonds is 9. The van der Waals surface area contributed by atoms with Gasteiger partial charge in [0, 0.05) is 42.1 Å². The second kappa shape index (κ2) is 11.7. The number of ether oxygens (including phenoxy) is 1. The fraction of sp³-hybridized carbons (Fsp3) is 0.600. The molecule has 1 saturated carbocycles. The maximum atomic E-state index is 13.5. The summed E-state index contributed by atoms with van der Waals surface area (Å²) >= 11 is 0. The third-order valence-electron chi connectivity index (χ3n) is 8.00. The van der Waals surface area contributed by atoms with Gasteiger partial charge in [0.05, 0.1) is 0 Å². The molecule has 8 nitrogen and oxygen atoms in total. The van der Waals surface area contributed by atoms with Gasteiger partial charge >= 0.3 is 5.97 Å². The smallest absolute Gasteiger partial charge is 0.317 e. The highest BCUT2D eigenvalue weighted by atomic mass is 16.6. The molecule has 0 spiro atoms. The van der Waals surface area contributed by atoms with Crippen molar-refractivity contribution in [1.82, 2.24) is 19.6 Å². The lowest BCUT2D eigenvalue weighted by molar-refractivity contribution is -0.184. The zero-order valence-corrected chi connectivity index (χ0v) is 23.7. The molecule has 2 aliphatic rings. The van der Waals surface area contributed by atoms with Crippen LogP contribution < -0.4 is 0 Å². The monoisotopic (exact) mass is 519 g/mol. The van der Waals surface area contributed by atoms with Crippen molar-refractivity contribution in [3.63, 3.8) is 0 Å². The van der Waals surface area contributed by atoms with E-state index in [0.717, 1.165) is 54.9 Å². The maximum Gasteiger partial charge on any atom is 0.317 e. The first-order valence-electron chi connectivity index (χ1n) is 14.0. The van der Waals surface area contributed by atoms with E-state index in [2.05, 4.69) is 42.8 Å². The van der Waals surface area contributed by atoms with Gasteiger partial charge in [0.15, 0.2) is 11.6 Å². The Morgan fingerprint density at radius 3 is 2.63 bits per heavy atom. The number of aromatic nitrogens is 4. The van der Waals surface area contributed by atoms with Gasteiger partial charge in [0.2, 0.25) is 0 Å². The SMILES string of the molecule is CCC(=CC=CCC1(C2CCCC2)CC(=O)C(Cc2nc3nc(C)cc(C)n3n2)C(=O)O1)N=C(C)C(C)C. The molecule has 204 valence electrons. The minimum Gasteiger partial charge on any atom is -0.457 e. The zero-order valence-electron chi connectivity index (χ0n) is 23.7. The summed E-state index contributed by atoms with van der Waals surface area (Å²) in [6.07, 6.45) is 11.9. The lowest BCUT2D eigenvalue weighted by Gasteiger charge is -2.42. The average Bonchev–Trinajstić information content (AvgIpc) is 3.54. The summed E-state index contributed by atoms with van der Waals surface area (Å²) < 4.78 is 7.87. The molecule has 2 fully saturated rings. The van der Waals surface area contributed by atoms with Gasteiger partial charge in [-0.3, -0.25) is 14.6 Å². The van der Waals surface area contributed by atoms with Crippen LogP contribution in [0.4, 0.5) is 0 Å². The summed E-state index contributed by atoms with van der Waals surface area (Å²) in [5.74, 6) is 0.0928. The maximum absolute atomic E-state index is 13.5. The minimum atomic E-state index is -0.882. The lowest BCUT2D eigenvalue weighted by Crippen LogP contribution is -2.51. The number of carbonyl (C=O) groups is 2. The minimum absolute atomic E-state index is 0.0804. The molecule has 1 aliphatic heterocycles. The van der Waals surface area contributed by atoms with Crippen molar-refractivity contribution in [2.45, 2.75) is 98.5 Å². The Kier molecular flexibility index (Phi) is 8.58. The second-order valence-corrected chi connectivity index (χ2v) is 11.2. The molecule has 3 heterocycles. The molecule has 1 saturated heterocycles. The predicted molar refractivity (Wildman–Crippen MR) is 148 cm³/mol. The van der Waals surface area contributed by atoms with Crippen LogP contribution in [0.1, 0.15) is 89.9 Å². The van der Waals surface area contributed by atoms with E-state index in [1.165, 1.54) is 0 Å². The second-order valence-electron chi connectivity index (χ2n) is 11.2. The van der Waals surface area contributed by atoms with Crippen LogP contribution in [0.2, 0.25) is 0 Å². The number of aryl methyl sites for hydroxylation is 2. The van der Waals surface area contributed by atoms with E-state index in [-0.39, 0.29) is 24.5 Å². The third-order valence-corrected chi connectivity index (χ3v) is 8.00. The Bertz CT molecular complexity index is 1260. The van der Waals surface area contributed by atoms with Crippen LogP contribution in [0.25, 0.3) is 5.78 Å². The number of esters is 1. The van der Waals surface area contributed by atoms with Gasteiger partial charge in [-0.2, -0.15) is 4.98 Å². The Morgan fingerprint density at radius 2 is 1.97 bits per heavy atom. The van der Waals surface area contributed by atoms with E-state index < -0.39 is 17.5 Å². The molecular weight excluding hydrogens is 478 g/mol.